The van der Waals surface area contributed by atoms with E-state index in [-0.39, 0.29) is 5.54 Å². The van der Waals surface area contributed by atoms with E-state index in [9.17, 15) is 0 Å². The monoisotopic (exact) mass is 267 g/mol. The van der Waals surface area contributed by atoms with Crippen molar-refractivity contribution in [3.05, 3.63) is 35.8 Å². The molecular weight excluding hydrogens is 250 g/mol. The zero-order valence-corrected chi connectivity index (χ0v) is 11.4. The Labute approximate surface area is 116 Å². The Hall–Kier alpha value is -2.14. The summed E-state index contributed by atoms with van der Waals surface area (Å²) in [6.07, 6.45) is 4.99. The number of fused-ring (bicyclic) bond motifs is 1. The summed E-state index contributed by atoms with van der Waals surface area (Å²) in [5.74, 6) is 1.69. The molecule has 1 aromatic carbocycles. The average molecular weight is 267 g/mol. The predicted octanol–water partition coefficient (Wildman–Crippen LogP) is 2.60. The predicted molar refractivity (Wildman–Crippen MR) is 78.1 cm³/mol. The number of hydrogen-bond acceptors (Lipinski definition) is 3. The average Bonchev–Trinajstić information content (AvgIpc) is 3.02. The zero-order valence-electron chi connectivity index (χ0n) is 11.4. The van der Waals surface area contributed by atoms with Crippen molar-refractivity contribution in [2.45, 2.75) is 31.7 Å². The fourth-order valence-corrected chi connectivity index (χ4v) is 2.79. The fraction of sp³-hybridized carbons (Fsp3) is 0.333. The van der Waals surface area contributed by atoms with Gasteiger partial charge < -0.3 is 15.7 Å². The Morgan fingerprint density at radius 3 is 2.80 bits per heavy atom. The molecule has 1 saturated carbocycles. The van der Waals surface area contributed by atoms with Crippen LogP contribution < -0.4 is 5.73 Å². The van der Waals surface area contributed by atoms with E-state index in [0.717, 1.165) is 41.2 Å². The number of aromatic amines is 2. The lowest BCUT2D eigenvalue weighted by Gasteiger charge is -2.35. The van der Waals surface area contributed by atoms with Crippen LogP contribution in [0.5, 0.6) is 0 Å². The topological polar surface area (TPSA) is 83.4 Å². The van der Waals surface area contributed by atoms with Gasteiger partial charge in [-0.3, -0.25) is 0 Å². The smallest absolute Gasteiger partial charge is 0.156 e. The van der Waals surface area contributed by atoms with Crippen LogP contribution >= 0.6 is 0 Å². The third kappa shape index (κ3) is 1.59. The van der Waals surface area contributed by atoms with Crippen molar-refractivity contribution in [1.82, 2.24) is 19.9 Å². The Morgan fingerprint density at radius 2 is 2.10 bits per heavy atom. The van der Waals surface area contributed by atoms with Crippen molar-refractivity contribution in [3.63, 3.8) is 0 Å². The first-order valence-corrected chi connectivity index (χ1v) is 6.96. The highest BCUT2D eigenvalue weighted by Crippen LogP contribution is 2.37. The largest absolute Gasteiger partial charge is 0.338 e. The Kier molecular flexibility index (Phi) is 2.29. The van der Waals surface area contributed by atoms with Crippen molar-refractivity contribution in [1.29, 1.82) is 0 Å². The van der Waals surface area contributed by atoms with Crippen LogP contribution in [-0.4, -0.2) is 19.9 Å². The van der Waals surface area contributed by atoms with Crippen LogP contribution in [0.15, 0.2) is 24.4 Å². The molecule has 4 rings (SSSR count). The molecule has 1 aliphatic carbocycles. The quantitative estimate of drug-likeness (QED) is 0.667. The van der Waals surface area contributed by atoms with Crippen molar-refractivity contribution in [3.8, 4) is 11.5 Å². The van der Waals surface area contributed by atoms with E-state index in [0.29, 0.717) is 0 Å². The van der Waals surface area contributed by atoms with Gasteiger partial charge in [-0.05, 0) is 37.8 Å². The molecule has 0 aliphatic heterocycles. The fourth-order valence-electron chi connectivity index (χ4n) is 2.79. The highest BCUT2D eigenvalue weighted by molar-refractivity contribution is 5.81. The molecule has 0 atom stereocenters. The molecule has 0 saturated heterocycles. The summed E-state index contributed by atoms with van der Waals surface area (Å²) in [6.45, 7) is 2.06. The number of aryl methyl sites for hydroxylation is 1. The number of aromatic nitrogens is 4. The highest BCUT2D eigenvalue weighted by Gasteiger charge is 2.37. The first kappa shape index (κ1) is 11.7. The molecule has 0 unspecified atom stereocenters. The second-order valence-electron chi connectivity index (χ2n) is 5.71. The van der Waals surface area contributed by atoms with Crippen molar-refractivity contribution >= 4 is 11.0 Å². The molecule has 0 radical (unpaired) electrons. The number of hydrogen-bond donors (Lipinski definition) is 3. The van der Waals surface area contributed by atoms with Crippen LogP contribution in [0, 0.1) is 6.92 Å². The van der Waals surface area contributed by atoms with Crippen molar-refractivity contribution in [2.24, 2.45) is 5.73 Å². The first-order chi connectivity index (χ1) is 9.66. The van der Waals surface area contributed by atoms with E-state index in [1.807, 2.05) is 18.3 Å². The molecule has 5 heteroatoms. The number of nitrogens with one attached hydrogen (secondary N) is 2. The van der Waals surface area contributed by atoms with Gasteiger partial charge in [0.1, 0.15) is 11.5 Å². The highest BCUT2D eigenvalue weighted by atomic mass is 15.0. The standard InChI is InChI=1S/C15H17N5/c1-9-4-2-5-10-12(9)20-13(18-10)11-8-17-14(19-11)15(16)6-3-7-15/h2,4-5,8H,3,6-7,16H2,1H3,(H,17,19)(H,18,20). The van der Waals surface area contributed by atoms with Gasteiger partial charge in [0.15, 0.2) is 5.82 Å². The minimum Gasteiger partial charge on any atom is -0.338 e. The number of rotatable bonds is 2. The van der Waals surface area contributed by atoms with Gasteiger partial charge >= 0.3 is 0 Å². The number of nitrogens with two attached hydrogens (primary N) is 1. The van der Waals surface area contributed by atoms with Gasteiger partial charge in [-0.25, -0.2) is 9.97 Å². The summed E-state index contributed by atoms with van der Waals surface area (Å²) in [4.78, 5) is 15.7. The summed E-state index contributed by atoms with van der Waals surface area (Å²) in [6, 6.07) is 6.13. The van der Waals surface area contributed by atoms with E-state index >= 15 is 0 Å². The first-order valence-electron chi connectivity index (χ1n) is 6.96. The van der Waals surface area contributed by atoms with E-state index in [4.69, 9.17) is 5.73 Å². The lowest BCUT2D eigenvalue weighted by atomic mass is 9.77. The molecule has 20 heavy (non-hydrogen) atoms. The van der Waals surface area contributed by atoms with E-state index in [2.05, 4.69) is 32.9 Å². The molecule has 102 valence electrons. The van der Waals surface area contributed by atoms with Gasteiger partial charge in [-0.1, -0.05) is 12.1 Å². The van der Waals surface area contributed by atoms with Gasteiger partial charge in [-0.15, -0.1) is 0 Å². The number of imidazole rings is 2. The van der Waals surface area contributed by atoms with Crippen molar-refractivity contribution in [2.75, 3.05) is 0 Å². The normalized spacial score (nSPS) is 17.3. The molecule has 2 aromatic heterocycles. The molecule has 5 nitrogen and oxygen atoms in total. The molecule has 0 amide bonds. The number of nitrogens with zero attached hydrogens (tertiary/aromatic N) is 2. The third-order valence-corrected chi connectivity index (χ3v) is 4.26. The minimum atomic E-state index is -0.264. The van der Waals surface area contributed by atoms with Crippen LogP contribution in [0.2, 0.25) is 0 Å². The number of benzene rings is 1. The molecule has 3 aromatic rings. The van der Waals surface area contributed by atoms with Crippen LogP contribution in [0.3, 0.4) is 0 Å². The van der Waals surface area contributed by atoms with Gasteiger partial charge in [0.2, 0.25) is 0 Å². The molecule has 0 spiro atoms. The van der Waals surface area contributed by atoms with Crippen LogP contribution in [0.25, 0.3) is 22.6 Å². The van der Waals surface area contributed by atoms with Gasteiger partial charge in [-0.2, -0.15) is 0 Å². The maximum atomic E-state index is 6.29. The SMILES string of the molecule is Cc1cccc2[nH]c(-c3cnc(C4(N)CCC4)[nH]3)nc12. The second kappa shape index (κ2) is 3.93. The third-order valence-electron chi connectivity index (χ3n) is 4.26. The second-order valence-corrected chi connectivity index (χ2v) is 5.71. The zero-order chi connectivity index (χ0) is 13.7. The molecule has 2 heterocycles. The Morgan fingerprint density at radius 1 is 1.25 bits per heavy atom. The minimum absolute atomic E-state index is 0.264. The van der Waals surface area contributed by atoms with E-state index in [1.165, 1.54) is 12.0 Å². The van der Waals surface area contributed by atoms with E-state index < -0.39 is 0 Å². The van der Waals surface area contributed by atoms with Crippen LogP contribution in [-0.2, 0) is 5.54 Å². The summed E-state index contributed by atoms with van der Waals surface area (Å²) in [7, 11) is 0. The van der Waals surface area contributed by atoms with Crippen LogP contribution in [0.1, 0.15) is 30.7 Å². The summed E-state index contributed by atoms with van der Waals surface area (Å²) >= 11 is 0. The van der Waals surface area contributed by atoms with E-state index in [1.54, 1.807) is 0 Å². The Bertz CT molecular complexity index is 779. The lowest BCUT2D eigenvalue weighted by Crippen LogP contribution is -2.44. The van der Waals surface area contributed by atoms with Crippen molar-refractivity contribution < 1.29 is 0 Å². The van der Waals surface area contributed by atoms with Gasteiger partial charge in [0.05, 0.1) is 22.8 Å². The molecule has 4 N–H and O–H groups in total. The van der Waals surface area contributed by atoms with Gasteiger partial charge in [0.25, 0.3) is 0 Å². The van der Waals surface area contributed by atoms with Crippen LogP contribution in [0.4, 0.5) is 0 Å². The lowest BCUT2D eigenvalue weighted by molar-refractivity contribution is 0.240. The maximum absolute atomic E-state index is 6.29. The van der Waals surface area contributed by atoms with Gasteiger partial charge in [0, 0.05) is 0 Å². The molecule has 1 fully saturated rings. The summed E-state index contributed by atoms with van der Waals surface area (Å²) < 4.78 is 0. The maximum Gasteiger partial charge on any atom is 0.156 e. The number of para-hydroxylation sites is 1. The Balaban J connectivity index is 1.77. The molecule has 0 bridgehead atoms. The summed E-state index contributed by atoms with van der Waals surface area (Å²) in [5, 5.41) is 0. The molecular formula is C15H17N5. The number of H-pyrrole nitrogens is 2. The molecule has 1 aliphatic rings. The summed E-state index contributed by atoms with van der Waals surface area (Å²) in [5.41, 5.74) is 10.1.